The lowest BCUT2D eigenvalue weighted by molar-refractivity contribution is -0.125. The number of carbonyl (C=O) groups is 1. The minimum Gasteiger partial charge on any atom is -0.486 e. The highest BCUT2D eigenvalue weighted by atomic mass is 32.1. The minimum absolute atomic E-state index is 0.0702. The topological polar surface area (TPSA) is 51.7 Å². The Morgan fingerprint density at radius 1 is 1.19 bits per heavy atom. The van der Waals surface area contributed by atoms with Gasteiger partial charge in [0.05, 0.1) is 10.2 Å². The maximum absolute atomic E-state index is 12.4. The number of hydrogen-bond acceptors (Lipinski definition) is 5. The second-order valence-corrected chi connectivity index (χ2v) is 7.09. The summed E-state index contributed by atoms with van der Waals surface area (Å²) in [4.78, 5) is 18.6. The van der Waals surface area contributed by atoms with Crippen molar-refractivity contribution in [2.24, 2.45) is 0 Å². The van der Waals surface area contributed by atoms with Crippen molar-refractivity contribution in [3.63, 3.8) is 0 Å². The van der Waals surface area contributed by atoms with Crippen LogP contribution >= 0.6 is 11.3 Å². The third kappa shape index (κ3) is 3.55. The molecule has 0 saturated heterocycles. The Balaban J connectivity index is 1.42. The van der Waals surface area contributed by atoms with E-state index in [0.717, 1.165) is 32.3 Å². The normalized spacial score (nSPS) is 13.3. The molecule has 0 bridgehead atoms. The Labute approximate surface area is 155 Å². The van der Waals surface area contributed by atoms with Crippen LogP contribution in [0.4, 0.5) is 0 Å². The van der Waals surface area contributed by atoms with Crippen molar-refractivity contribution < 1.29 is 14.3 Å². The molecule has 5 nitrogen and oxygen atoms in total. The zero-order valence-electron chi connectivity index (χ0n) is 14.3. The van der Waals surface area contributed by atoms with Crippen LogP contribution in [0.1, 0.15) is 10.6 Å². The summed E-state index contributed by atoms with van der Waals surface area (Å²) >= 11 is 1.57. The SMILES string of the molecule is CN(Cc1ccc2c(c1)OCCO2)C(=O)/C=C/c1nc2ccccc2s1. The maximum atomic E-state index is 12.4. The average Bonchev–Trinajstić information content (AvgIpc) is 3.09. The van der Waals surface area contributed by atoms with Crippen molar-refractivity contribution in [1.29, 1.82) is 0 Å². The van der Waals surface area contributed by atoms with Gasteiger partial charge in [-0.25, -0.2) is 4.98 Å². The summed E-state index contributed by atoms with van der Waals surface area (Å²) in [7, 11) is 1.78. The van der Waals surface area contributed by atoms with Gasteiger partial charge in [0, 0.05) is 19.7 Å². The van der Waals surface area contributed by atoms with E-state index in [-0.39, 0.29) is 5.91 Å². The number of benzene rings is 2. The molecule has 1 aliphatic heterocycles. The van der Waals surface area contributed by atoms with E-state index in [2.05, 4.69) is 4.98 Å². The molecular weight excluding hydrogens is 348 g/mol. The Kier molecular flexibility index (Phi) is 4.58. The number of fused-ring (bicyclic) bond motifs is 2. The molecule has 4 rings (SSSR count). The smallest absolute Gasteiger partial charge is 0.246 e. The quantitative estimate of drug-likeness (QED) is 0.660. The predicted octanol–water partition coefficient (Wildman–Crippen LogP) is 3.74. The van der Waals surface area contributed by atoms with Crippen LogP contribution in [0.25, 0.3) is 16.3 Å². The molecular formula is C20H18N2O3S. The molecule has 0 N–H and O–H groups in total. The summed E-state index contributed by atoms with van der Waals surface area (Å²) in [6, 6.07) is 13.7. The molecule has 2 heterocycles. The van der Waals surface area contributed by atoms with Crippen LogP contribution in [-0.2, 0) is 11.3 Å². The number of carbonyl (C=O) groups excluding carboxylic acids is 1. The first kappa shape index (κ1) is 16.6. The fourth-order valence-corrected chi connectivity index (χ4v) is 3.64. The number of hydrogen-bond donors (Lipinski definition) is 0. The van der Waals surface area contributed by atoms with Crippen LogP contribution in [0.2, 0.25) is 0 Å². The van der Waals surface area contributed by atoms with Crippen molar-refractivity contribution in [2.75, 3.05) is 20.3 Å². The van der Waals surface area contributed by atoms with Gasteiger partial charge in [-0.2, -0.15) is 0 Å². The Bertz CT molecular complexity index is 947. The number of likely N-dealkylation sites (N-methyl/N-ethyl adjacent to an activating group) is 1. The lowest BCUT2D eigenvalue weighted by atomic mass is 10.2. The molecule has 6 heteroatoms. The van der Waals surface area contributed by atoms with Crippen molar-refractivity contribution in [1.82, 2.24) is 9.88 Å². The lowest BCUT2D eigenvalue weighted by Crippen LogP contribution is -2.24. The van der Waals surface area contributed by atoms with E-state index >= 15 is 0 Å². The average molecular weight is 366 g/mol. The minimum atomic E-state index is -0.0702. The second kappa shape index (κ2) is 7.17. The highest BCUT2D eigenvalue weighted by molar-refractivity contribution is 7.19. The van der Waals surface area contributed by atoms with E-state index in [1.54, 1.807) is 35.4 Å². The van der Waals surface area contributed by atoms with Gasteiger partial charge in [-0.3, -0.25) is 4.79 Å². The standard InChI is InChI=1S/C20H18N2O3S/c1-22(13-14-6-7-16-17(12-14)25-11-10-24-16)20(23)9-8-19-21-15-4-2-3-5-18(15)26-19/h2-9,12H,10-11,13H2,1H3/b9-8+. The Hall–Kier alpha value is -2.86. The molecule has 0 spiro atoms. The first-order valence-electron chi connectivity index (χ1n) is 8.36. The molecule has 0 fully saturated rings. The summed E-state index contributed by atoms with van der Waals surface area (Å²) in [5.74, 6) is 1.42. The van der Waals surface area contributed by atoms with Gasteiger partial charge in [0.2, 0.25) is 5.91 Å². The van der Waals surface area contributed by atoms with Gasteiger partial charge < -0.3 is 14.4 Å². The third-order valence-corrected chi connectivity index (χ3v) is 5.08. The van der Waals surface area contributed by atoms with Gasteiger partial charge in [-0.1, -0.05) is 18.2 Å². The van der Waals surface area contributed by atoms with Crippen LogP contribution in [0.15, 0.2) is 48.5 Å². The van der Waals surface area contributed by atoms with Crippen LogP contribution < -0.4 is 9.47 Å². The predicted molar refractivity (Wildman–Crippen MR) is 103 cm³/mol. The zero-order chi connectivity index (χ0) is 17.9. The van der Waals surface area contributed by atoms with Crippen LogP contribution in [0.5, 0.6) is 11.5 Å². The summed E-state index contributed by atoms with van der Waals surface area (Å²) < 4.78 is 12.2. The molecule has 0 unspecified atom stereocenters. The van der Waals surface area contributed by atoms with Crippen molar-refractivity contribution in [2.45, 2.75) is 6.54 Å². The number of aromatic nitrogens is 1. The van der Waals surface area contributed by atoms with Crippen molar-refractivity contribution in [3.8, 4) is 11.5 Å². The summed E-state index contributed by atoms with van der Waals surface area (Å²) in [6.45, 7) is 1.62. The molecule has 0 atom stereocenters. The van der Waals surface area contributed by atoms with Crippen LogP contribution in [-0.4, -0.2) is 36.1 Å². The number of thiazole rings is 1. The maximum Gasteiger partial charge on any atom is 0.246 e. The van der Waals surface area contributed by atoms with Gasteiger partial charge >= 0.3 is 0 Å². The molecule has 3 aromatic rings. The van der Waals surface area contributed by atoms with Crippen LogP contribution in [0, 0.1) is 0 Å². The number of amides is 1. The summed E-state index contributed by atoms with van der Waals surface area (Å²) in [5, 5.41) is 0.826. The Morgan fingerprint density at radius 2 is 2.00 bits per heavy atom. The molecule has 2 aromatic carbocycles. The van der Waals surface area contributed by atoms with Crippen molar-refractivity contribution >= 4 is 33.5 Å². The van der Waals surface area contributed by atoms with E-state index in [1.807, 2.05) is 42.5 Å². The molecule has 0 saturated carbocycles. The number of para-hydroxylation sites is 1. The van der Waals surface area contributed by atoms with Crippen LogP contribution in [0.3, 0.4) is 0 Å². The first-order chi connectivity index (χ1) is 12.7. The Morgan fingerprint density at radius 3 is 2.85 bits per heavy atom. The first-order valence-corrected chi connectivity index (χ1v) is 9.18. The molecule has 26 heavy (non-hydrogen) atoms. The van der Waals surface area contributed by atoms with Gasteiger partial charge in [-0.15, -0.1) is 11.3 Å². The fourth-order valence-electron chi connectivity index (χ4n) is 2.77. The number of nitrogens with zero attached hydrogens (tertiary/aromatic N) is 2. The van der Waals surface area contributed by atoms with Gasteiger partial charge in [0.25, 0.3) is 0 Å². The third-order valence-electron chi connectivity index (χ3n) is 4.08. The summed E-state index contributed by atoms with van der Waals surface area (Å²) in [5.41, 5.74) is 1.95. The van der Waals surface area contributed by atoms with E-state index in [9.17, 15) is 4.79 Å². The van der Waals surface area contributed by atoms with Crippen molar-refractivity contribution in [3.05, 3.63) is 59.1 Å². The summed E-state index contributed by atoms with van der Waals surface area (Å²) in [6.07, 6.45) is 3.34. The molecule has 1 amide bonds. The number of ether oxygens (including phenoxy) is 2. The molecule has 1 aromatic heterocycles. The van der Waals surface area contributed by atoms with Gasteiger partial charge in [-0.05, 0) is 35.9 Å². The second-order valence-electron chi connectivity index (χ2n) is 6.03. The highest BCUT2D eigenvalue weighted by Gasteiger charge is 2.13. The highest BCUT2D eigenvalue weighted by Crippen LogP contribution is 2.31. The van der Waals surface area contributed by atoms with E-state index in [1.165, 1.54) is 0 Å². The molecule has 0 radical (unpaired) electrons. The van der Waals surface area contributed by atoms with E-state index in [4.69, 9.17) is 9.47 Å². The number of rotatable bonds is 4. The van der Waals surface area contributed by atoms with E-state index in [0.29, 0.717) is 19.8 Å². The lowest BCUT2D eigenvalue weighted by Gasteiger charge is -2.20. The van der Waals surface area contributed by atoms with Gasteiger partial charge in [0.1, 0.15) is 18.2 Å². The fraction of sp³-hybridized carbons (Fsp3) is 0.200. The zero-order valence-corrected chi connectivity index (χ0v) is 15.2. The van der Waals surface area contributed by atoms with E-state index < -0.39 is 0 Å². The monoisotopic (exact) mass is 366 g/mol. The molecule has 1 aliphatic rings. The van der Waals surface area contributed by atoms with Gasteiger partial charge in [0.15, 0.2) is 11.5 Å². The molecule has 132 valence electrons. The molecule has 0 aliphatic carbocycles. The largest absolute Gasteiger partial charge is 0.486 e.